The van der Waals surface area contributed by atoms with Gasteiger partial charge in [-0.3, -0.25) is 14.4 Å². The highest BCUT2D eigenvalue weighted by atomic mass is 16.6. The molecule has 0 saturated heterocycles. The fourth-order valence-electron chi connectivity index (χ4n) is 5.27. The Hall–Kier alpha value is -3.34. The second kappa shape index (κ2) is 14.9. The largest absolute Gasteiger partial charge is 0.441 e. The van der Waals surface area contributed by atoms with E-state index >= 15 is 0 Å². The Labute approximate surface area is 236 Å². The van der Waals surface area contributed by atoms with Crippen LogP contribution in [0.1, 0.15) is 41.0 Å². The van der Waals surface area contributed by atoms with Crippen molar-refractivity contribution in [2.24, 2.45) is 23.5 Å². The smallest absolute Gasteiger partial charge is 0.405 e. The van der Waals surface area contributed by atoms with Gasteiger partial charge in [0.05, 0.1) is 24.0 Å². The molecule has 2 rings (SSSR count). The van der Waals surface area contributed by atoms with Gasteiger partial charge in [0.2, 0.25) is 5.78 Å². The van der Waals surface area contributed by atoms with Crippen molar-refractivity contribution < 1.29 is 38.1 Å². The molecular weight excluding hydrogens is 516 g/mol. The van der Waals surface area contributed by atoms with Crippen LogP contribution in [-0.2, 0) is 33.3 Å². The molecule has 1 aliphatic heterocycles. The number of amides is 2. The summed E-state index contributed by atoms with van der Waals surface area (Å²) in [5.41, 5.74) is 6.49. The van der Waals surface area contributed by atoms with Crippen molar-refractivity contribution in [1.29, 1.82) is 0 Å². The van der Waals surface area contributed by atoms with Crippen molar-refractivity contribution in [3.05, 3.63) is 58.9 Å². The molecular formula is C30H42N2O8. The average molecular weight is 559 g/mol. The summed E-state index contributed by atoms with van der Waals surface area (Å²) in [5.74, 6) is -2.19. The van der Waals surface area contributed by atoms with Crippen LogP contribution >= 0.6 is 0 Å². The van der Waals surface area contributed by atoms with Crippen LogP contribution in [0.5, 0.6) is 0 Å². The number of nitrogens with one attached hydrogen (secondary N) is 1. The van der Waals surface area contributed by atoms with Gasteiger partial charge in [0.15, 0.2) is 5.78 Å². The lowest BCUT2D eigenvalue weighted by Gasteiger charge is -2.34. The third-order valence-corrected chi connectivity index (χ3v) is 7.29. The number of ketones is 2. The summed E-state index contributed by atoms with van der Waals surface area (Å²) >= 11 is 0. The van der Waals surface area contributed by atoms with E-state index in [1.165, 1.54) is 13.2 Å². The monoisotopic (exact) mass is 558 g/mol. The van der Waals surface area contributed by atoms with Crippen LogP contribution < -0.4 is 11.1 Å². The van der Waals surface area contributed by atoms with Gasteiger partial charge in [-0.2, -0.15) is 0 Å². The van der Waals surface area contributed by atoms with Gasteiger partial charge in [-0.05, 0) is 37.8 Å². The van der Waals surface area contributed by atoms with Crippen LogP contribution in [0.2, 0.25) is 0 Å². The number of fused-ring (bicyclic) bond motifs is 2. The summed E-state index contributed by atoms with van der Waals surface area (Å²) < 4.78 is 22.9. The number of allylic oxidation sites excluding steroid dienone is 5. The Kier molecular flexibility index (Phi) is 12.2. The molecule has 0 aromatic heterocycles. The molecule has 10 nitrogen and oxygen atoms in total. The van der Waals surface area contributed by atoms with E-state index in [0.29, 0.717) is 12.0 Å². The van der Waals surface area contributed by atoms with Gasteiger partial charge in [-0.15, -0.1) is 0 Å². The van der Waals surface area contributed by atoms with Crippen LogP contribution in [0.15, 0.2) is 58.9 Å². The molecule has 7 atom stereocenters. The predicted octanol–water partition coefficient (Wildman–Crippen LogP) is 3.33. The molecule has 220 valence electrons. The van der Waals surface area contributed by atoms with Gasteiger partial charge in [-0.1, -0.05) is 45.1 Å². The average Bonchev–Trinajstić information content (AvgIpc) is 2.88. The Balaban J connectivity index is 2.62. The first kappa shape index (κ1) is 32.9. The van der Waals surface area contributed by atoms with Gasteiger partial charge in [0.1, 0.15) is 6.10 Å². The standard InChI is InChI=1S/C30H42N2O8/c1-16-10-9-11-17(2)29(35)32-23-15-21(33)14-22(25(23)34)27(38-7)20(5)13-24(37-6)28(39-8)19(4)12-18(3)26(16)40-30(31)36/h9-12,14-16,19-20,24,26-28H,13H2,1-8H3,(H2,31,36)(H,32,35)/b10-9+,17-11-,18-12-/t16-,19-,20-,24+,26-,27-,28-/m1/s1. The van der Waals surface area contributed by atoms with Crippen LogP contribution in [-0.4, -0.2) is 69.3 Å². The van der Waals surface area contributed by atoms with Gasteiger partial charge in [-0.25, -0.2) is 4.79 Å². The molecule has 2 amide bonds. The van der Waals surface area contributed by atoms with Crippen LogP contribution in [0, 0.1) is 17.8 Å². The van der Waals surface area contributed by atoms with Gasteiger partial charge in [0, 0.05) is 50.4 Å². The predicted molar refractivity (Wildman–Crippen MR) is 150 cm³/mol. The van der Waals surface area contributed by atoms with Crippen molar-refractivity contribution in [2.75, 3.05) is 21.3 Å². The number of nitrogens with two attached hydrogens (primary N) is 1. The topological polar surface area (TPSA) is 143 Å². The zero-order valence-electron chi connectivity index (χ0n) is 24.6. The lowest BCUT2D eigenvalue weighted by Crippen LogP contribution is -2.40. The minimum atomic E-state index is -0.902. The SMILES string of the molecule is CO[C@@H]1[C@H](C)/C=C(/C)[C@H](OC(N)=O)[C@H](C)/C=C/C=C(/C)C(=O)NC2=CC(=O)C=C(C2=O)[C@H](OC)[C@H](C)C[C@@H]1OC. The second-order valence-corrected chi connectivity index (χ2v) is 10.4. The third-order valence-electron chi connectivity index (χ3n) is 7.29. The van der Waals surface area contributed by atoms with Crippen LogP contribution in [0.25, 0.3) is 0 Å². The van der Waals surface area contributed by atoms with Gasteiger partial charge >= 0.3 is 6.09 Å². The maximum Gasteiger partial charge on any atom is 0.405 e. The Morgan fingerprint density at radius 3 is 2.20 bits per heavy atom. The number of hydrogen-bond acceptors (Lipinski definition) is 8. The summed E-state index contributed by atoms with van der Waals surface area (Å²) in [7, 11) is 4.64. The number of methoxy groups -OCH3 is 3. The van der Waals surface area contributed by atoms with E-state index in [4.69, 9.17) is 24.7 Å². The van der Waals surface area contributed by atoms with Crippen molar-refractivity contribution in [3.8, 4) is 0 Å². The van der Waals surface area contributed by atoms with Crippen molar-refractivity contribution >= 4 is 23.6 Å². The van der Waals surface area contributed by atoms with E-state index in [-0.39, 0.29) is 29.0 Å². The van der Waals surface area contributed by atoms with E-state index in [2.05, 4.69) is 5.32 Å². The molecule has 1 heterocycles. The summed E-state index contributed by atoms with van der Waals surface area (Å²) in [6, 6.07) is 0. The Morgan fingerprint density at radius 2 is 1.62 bits per heavy atom. The Bertz CT molecular complexity index is 1130. The minimum absolute atomic E-state index is 0.119. The second-order valence-electron chi connectivity index (χ2n) is 10.4. The number of primary amides is 1. The van der Waals surface area contributed by atoms with E-state index in [1.54, 1.807) is 39.4 Å². The fraction of sp³-hybridized carbons (Fsp3) is 0.533. The van der Waals surface area contributed by atoms with Crippen LogP contribution in [0.3, 0.4) is 0 Å². The molecule has 2 aliphatic rings. The lowest BCUT2D eigenvalue weighted by atomic mass is 9.83. The number of hydrogen-bond donors (Lipinski definition) is 2. The summed E-state index contributed by atoms with van der Waals surface area (Å²) in [4.78, 5) is 50.5. The summed E-state index contributed by atoms with van der Waals surface area (Å²) in [5, 5.41) is 2.56. The fourth-order valence-corrected chi connectivity index (χ4v) is 5.27. The molecule has 2 bridgehead atoms. The highest BCUT2D eigenvalue weighted by Gasteiger charge is 2.36. The minimum Gasteiger partial charge on any atom is -0.441 e. The van der Waals surface area contributed by atoms with Crippen molar-refractivity contribution in [1.82, 2.24) is 5.32 Å². The molecule has 0 fully saturated rings. The Morgan fingerprint density at radius 1 is 0.950 bits per heavy atom. The first-order valence-electron chi connectivity index (χ1n) is 13.3. The molecule has 0 aromatic rings. The van der Waals surface area contributed by atoms with E-state index in [1.807, 2.05) is 33.8 Å². The lowest BCUT2D eigenvalue weighted by molar-refractivity contribution is -0.120. The molecule has 0 spiro atoms. The number of carbonyl (C=O) groups is 4. The highest BCUT2D eigenvalue weighted by molar-refractivity contribution is 6.22. The normalized spacial score (nSPS) is 34.4. The van der Waals surface area contributed by atoms with Crippen molar-refractivity contribution in [2.45, 2.75) is 65.5 Å². The van der Waals surface area contributed by atoms with Gasteiger partial charge < -0.3 is 30.0 Å². The zero-order chi connectivity index (χ0) is 30.1. The summed E-state index contributed by atoms with van der Waals surface area (Å²) in [6.45, 7) is 9.17. The van der Waals surface area contributed by atoms with E-state index in [9.17, 15) is 19.2 Å². The molecule has 0 aromatic carbocycles. The first-order valence-corrected chi connectivity index (χ1v) is 13.3. The maximum atomic E-state index is 13.4. The molecule has 3 N–H and O–H groups in total. The molecule has 0 radical (unpaired) electrons. The molecule has 0 unspecified atom stereocenters. The van der Waals surface area contributed by atoms with E-state index in [0.717, 1.165) is 11.6 Å². The van der Waals surface area contributed by atoms with Gasteiger partial charge in [0.25, 0.3) is 5.91 Å². The summed E-state index contributed by atoms with van der Waals surface area (Å²) in [6.07, 6.45) is 6.65. The number of rotatable bonds is 4. The maximum absolute atomic E-state index is 13.4. The molecule has 1 aliphatic carbocycles. The highest BCUT2D eigenvalue weighted by Crippen LogP contribution is 2.30. The number of carbonyl (C=O) groups excluding carboxylic acids is 4. The molecule has 0 saturated carbocycles. The first-order chi connectivity index (χ1) is 18.8. The van der Waals surface area contributed by atoms with Crippen molar-refractivity contribution in [3.63, 3.8) is 0 Å². The number of ether oxygens (including phenoxy) is 4. The zero-order valence-corrected chi connectivity index (χ0v) is 24.6. The third kappa shape index (κ3) is 8.33. The van der Waals surface area contributed by atoms with Crippen LogP contribution in [0.4, 0.5) is 4.79 Å². The van der Waals surface area contributed by atoms with E-state index < -0.39 is 48.0 Å². The molecule has 10 heteroatoms. The number of Topliss-reactive ketones (excluding diaryl/α,β-unsaturated/α-hetero) is 1. The quantitative estimate of drug-likeness (QED) is 0.395. The molecule has 40 heavy (non-hydrogen) atoms.